The summed E-state index contributed by atoms with van der Waals surface area (Å²) < 4.78 is 6.37. The van der Waals surface area contributed by atoms with Gasteiger partial charge in [-0.3, -0.25) is 0 Å². The van der Waals surface area contributed by atoms with Gasteiger partial charge in [-0.2, -0.15) is 0 Å². The fourth-order valence-electron chi connectivity index (χ4n) is 2.70. The van der Waals surface area contributed by atoms with Crippen molar-refractivity contribution >= 4 is 13.9 Å². The molecule has 0 bridgehead atoms. The normalized spacial score (nSPS) is 14.8. The molecule has 1 aliphatic rings. The Labute approximate surface area is 192 Å². The van der Waals surface area contributed by atoms with Gasteiger partial charge in [0.1, 0.15) is 0 Å². The molecule has 0 amide bonds. The third-order valence-electron chi connectivity index (χ3n) is 3.66. The van der Waals surface area contributed by atoms with Gasteiger partial charge in [-0.05, 0) is 52.9 Å². The van der Waals surface area contributed by atoms with Gasteiger partial charge >= 0.3 is 26.2 Å². The Balaban J connectivity index is 0. The molecule has 1 aromatic rings. The Kier molecular flexibility index (Phi) is 11.4. The molecule has 0 aliphatic heterocycles. The van der Waals surface area contributed by atoms with E-state index in [0.717, 1.165) is 23.4 Å². The fraction of sp³-hybridized carbons (Fsp3) is 0.500. The van der Waals surface area contributed by atoms with Crippen molar-refractivity contribution in [1.29, 1.82) is 0 Å². The predicted molar refractivity (Wildman–Crippen MR) is 102 cm³/mol. The van der Waals surface area contributed by atoms with Crippen LogP contribution in [0.3, 0.4) is 0 Å². The Morgan fingerprint density at radius 3 is 2.19 bits per heavy atom. The molecule has 0 heterocycles. The van der Waals surface area contributed by atoms with E-state index in [-0.39, 0.29) is 56.6 Å². The molecule has 1 radical (unpaired) electrons. The van der Waals surface area contributed by atoms with Crippen molar-refractivity contribution in [2.45, 2.75) is 66.2 Å². The third-order valence-corrected chi connectivity index (χ3v) is 4.49. The second-order valence-corrected chi connectivity index (χ2v) is 12.7. The smallest absolute Gasteiger partial charge is 1.00 e. The van der Waals surface area contributed by atoms with E-state index < -0.39 is 8.32 Å². The molecular weight excluding hydrogens is 460 g/mol. The topological polar surface area (TPSA) is 21.3 Å². The van der Waals surface area contributed by atoms with Crippen molar-refractivity contribution in [2.24, 2.45) is 0 Å². The second kappa shape index (κ2) is 10.5. The number of allylic oxidation sites excluding steroid dienone is 2. The predicted octanol–water partition coefficient (Wildman–Crippen LogP) is -0.474. The van der Waals surface area contributed by atoms with Crippen LogP contribution in [0.1, 0.15) is 52.2 Å². The molecule has 1 aliphatic carbocycles. The van der Waals surface area contributed by atoms with E-state index >= 15 is 0 Å². The average Bonchev–Trinajstić information content (AvgIpc) is 2.72. The van der Waals surface area contributed by atoms with Crippen LogP contribution < -0.4 is 34.6 Å². The minimum atomic E-state index is -1.66. The standard InChI is InChI=1S/C20H30NOSi.2ClH.Zr/c1-9-14(2)18-16(21-20(3,4)5)13-15-11-10-12-17(19(15)18)22-23(6,7)8;;;/h10-12,21H,9H2,1-8H3;2*1H;/q-1;;;+3/p-2. The van der Waals surface area contributed by atoms with Crippen LogP contribution >= 0.6 is 0 Å². The van der Waals surface area contributed by atoms with Crippen molar-refractivity contribution in [3.8, 4) is 5.75 Å². The molecule has 6 heteroatoms. The number of nitrogens with one attached hydrogen (secondary N) is 1. The molecule has 0 fully saturated rings. The fourth-order valence-corrected chi connectivity index (χ4v) is 3.53. The first-order chi connectivity index (χ1) is 10.5. The van der Waals surface area contributed by atoms with Gasteiger partial charge in [-0.25, -0.2) is 0 Å². The van der Waals surface area contributed by atoms with Crippen molar-refractivity contribution in [1.82, 2.24) is 5.32 Å². The third kappa shape index (κ3) is 7.19. The Bertz CT molecular complexity index is 673. The van der Waals surface area contributed by atoms with Crippen molar-refractivity contribution < 1.29 is 55.4 Å². The molecule has 0 saturated carbocycles. The molecule has 2 nitrogen and oxygen atoms in total. The van der Waals surface area contributed by atoms with Gasteiger partial charge in [-0.15, -0.1) is 34.9 Å². The molecule has 0 aromatic heterocycles. The summed E-state index contributed by atoms with van der Waals surface area (Å²) in [6.45, 7) is 17.6. The van der Waals surface area contributed by atoms with Crippen LogP contribution in [0.15, 0.2) is 29.5 Å². The monoisotopic (exact) mass is 488 g/mol. The van der Waals surface area contributed by atoms with Crippen LogP contribution in [0.25, 0.3) is 5.57 Å². The summed E-state index contributed by atoms with van der Waals surface area (Å²) in [6.07, 6.45) is 4.59. The minimum absolute atomic E-state index is 0. The van der Waals surface area contributed by atoms with Crippen LogP contribution in [0.5, 0.6) is 5.75 Å². The van der Waals surface area contributed by atoms with E-state index in [0.29, 0.717) is 0 Å². The quantitative estimate of drug-likeness (QED) is 0.455. The summed E-state index contributed by atoms with van der Waals surface area (Å²) in [5.41, 5.74) is 6.08. The van der Waals surface area contributed by atoms with Gasteiger partial charge < -0.3 is 34.6 Å². The zero-order valence-corrected chi connectivity index (χ0v) is 22.1. The molecule has 1 aromatic carbocycles. The van der Waals surface area contributed by atoms with Gasteiger partial charge in [0.2, 0.25) is 8.32 Å². The van der Waals surface area contributed by atoms with E-state index in [1.54, 1.807) is 0 Å². The van der Waals surface area contributed by atoms with Gasteiger partial charge in [0.15, 0.2) is 0 Å². The summed E-state index contributed by atoms with van der Waals surface area (Å²) >= 11 is 0. The van der Waals surface area contributed by atoms with Gasteiger partial charge in [0.25, 0.3) is 0 Å². The van der Waals surface area contributed by atoms with Crippen LogP contribution in [-0.4, -0.2) is 13.9 Å². The largest absolute Gasteiger partial charge is 3.00 e. The molecule has 0 spiro atoms. The van der Waals surface area contributed by atoms with Crippen LogP contribution in [-0.2, 0) is 26.2 Å². The molecule has 26 heavy (non-hydrogen) atoms. The molecule has 2 rings (SSSR count). The van der Waals surface area contributed by atoms with Crippen molar-refractivity contribution in [3.05, 3.63) is 46.7 Å². The summed E-state index contributed by atoms with van der Waals surface area (Å²) in [5, 5.41) is 3.62. The Morgan fingerprint density at radius 2 is 1.73 bits per heavy atom. The molecular formula is C20H30Cl2NOSiZr. The number of hydrogen-bond donors (Lipinski definition) is 1. The van der Waals surface area contributed by atoms with Crippen molar-refractivity contribution in [2.75, 3.05) is 0 Å². The maximum absolute atomic E-state index is 6.37. The van der Waals surface area contributed by atoms with Crippen LogP contribution in [0.4, 0.5) is 0 Å². The zero-order valence-electron chi connectivity index (χ0n) is 17.1. The number of fused-ring (bicyclic) bond motifs is 1. The summed E-state index contributed by atoms with van der Waals surface area (Å²) in [6, 6.07) is 6.30. The number of rotatable bonds is 4. The molecule has 0 saturated heterocycles. The van der Waals surface area contributed by atoms with E-state index in [1.807, 2.05) is 0 Å². The SMILES string of the molecule is CCC(C)=C1C(NC(C)(C)C)=[C-]c2cccc(O[Si](C)(C)C)c21.[Cl-].[Cl-].[Zr+3]. The number of benzene rings is 1. The maximum atomic E-state index is 6.37. The molecule has 0 unspecified atom stereocenters. The Hall–Kier alpha value is -0.0200. The maximum Gasteiger partial charge on any atom is 3.00 e. The summed E-state index contributed by atoms with van der Waals surface area (Å²) in [4.78, 5) is 0. The first-order valence-corrected chi connectivity index (χ1v) is 11.9. The summed E-state index contributed by atoms with van der Waals surface area (Å²) in [5.74, 6) is 1.00. The van der Waals surface area contributed by atoms with E-state index in [2.05, 4.69) is 83.9 Å². The Morgan fingerprint density at radius 1 is 1.15 bits per heavy atom. The number of halogens is 2. The molecule has 143 valence electrons. The first-order valence-electron chi connectivity index (χ1n) is 8.46. The second-order valence-electron chi connectivity index (χ2n) is 8.28. The number of hydrogen-bond acceptors (Lipinski definition) is 2. The minimum Gasteiger partial charge on any atom is -1.00 e. The van der Waals surface area contributed by atoms with E-state index in [1.165, 1.54) is 16.7 Å². The zero-order chi connectivity index (χ0) is 17.4. The summed E-state index contributed by atoms with van der Waals surface area (Å²) in [7, 11) is -1.66. The molecule has 0 atom stereocenters. The van der Waals surface area contributed by atoms with Crippen LogP contribution in [0.2, 0.25) is 19.6 Å². The van der Waals surface area contributed by atoms with Crippen molar-refractivity contribution in [3.63, 3.8) is 0 Å². The van der Waals surface area contributed by atoms with E-state index in [9.17, 15) is 0 Å². The first kappa shape index (κ1) is 28.2. The van der Waals surface area contributed by atoms with E-state index in [4.69, 9.17) is 4.43 Å². The average molecular weight is 491 g/mol. The molecule has 1 N–H and O–H groups in total. The van der Waals surface area contributed by atoms with Gasteiger partial charge in [0.05, 0.1) is 5.75 Å². The van der Waals surface area contributed by atoms with Gasteiger partial charge in [0, 0.05) is 5.54 Å². The van der Waals surface area contributed by atoms with Crippen LogP contribution in [0, 0.1) is 6.08 Å². The van der Waals surface area contributed by atoms with Gasteiger partial charge in [-0.1, -0.05) is 25.1 Å².